The molecule has 30 heavy (non-hydrogen) atoms. The summed E-state index contributed by atoms with van der Waals surface area (Å²) in [5.74, 6) is 1.21. The number of benzene rings is 2. The standard InChI is InChI=1S/C21H18BrFN4O2S/c22-15-3-1-2-14(8-15)21(29)25-20-17-11-30-12-18(17)26-27(20)10-19(28)24-9-13-4-6-16(23)7-5-13/h1-8H,9-12H2,(H,24,28)(H,25,29). The SMILES string of the molecule is O=C(Cn1nc2c(c1NC(=O)c1cccc(Br)c1)CSC2)NCc1ccc(F)cc1. The number of hydrogen-bond donors (Lipinski definition) is 2. The normalized spacial score (nSPS) is 12.5. The van der Waals surface area contributed by atoms with Gasteiger partial charge in [-0.15, -0.1) is 0 Å². The van der Waals surface area contributed by atoms with Crippen LogP contribution in [0.2, 0.25) is 0 Å². The monoisotopic (exact) mass is 488 g/mol. The van der Waals surface area contributed by atoms with Crippen molar-refractivity contribution >= 4 is 45.3 Å². The lowest BCUT2D eigenvalue weighted by Gasteiger charge is -2.12. The molecule has 0 radical (unpaired) electrons. The van der Waals surface area contributed by atoms with E-state index in [2.05, 4.69) is 31.7 Å². The summed E-state index contributed by atoms with van der Waals surface area (Å²) >= 11 is 5.09. The molecule has 2 amide bonds. The lowest BCUT2D eigenvalue weighted by atomic mass is 10.2. The van der Waals surface area contributed by atoms with Crippen molar-refractivity contribution in [2.75, 3.05) is 5.32 Å². The number of rotatable bonds is 6. The van der Waals surface area contributed by atoms with Gasteiger partial charge in [-0.3, -0.25) is 9.59 Å². The van der Waals surface area contributed by atoms with E-state index in [9.17, 15) is 14.0 Å². The van der Waals surface area contributed by atoms with Crippen molar-refractivity contribution in [3.05, 3.63) is 81.2 Å². The third-order valence-corrected chi connectivity index (χ3v) is 6.10. The average Bonchev–Trinajstić information content (AvgIpc) is 3.30. The molecule has 0 spiro atoms. The van der Waals surface area contributed by atoms with Crippen molar-refractivity contribution in [1.29, 1.82) is 0 Å². The Balaban J connectivity index is 1.47. The van der Waals surface area contributed by atoms with Crippen molar-refractivity contribution in [2.24, 2.45) is 0 Å². The highest BCUT2D eigenvalue weighted by Gasteiger charge is 2.25. The van der Waals surface area contributed by atoms with Gasteiger partial charge < -0.3 is 10.6 Å². The van der Waals surface area contributed by atoms with Crippen LogP contribution >= 0.6 is 27.7 Å². The predicted octanol–water partition coefficient (Wildman–Crippen LogP) is 4.10. The van der Waals surface area contributed by atoms with Crippen molar-refractivity contribution in [3.8, 4) is 0 Å². The number of nitrogens with zero attached hydrogens (tertiary/aromatic N) is 2. The van der Waals surface area contributed by atoms with Crippen molar-refractivity contribution < 1.29 is 14.0 Å². The Labute approximate surface area is 185 Å². The zero-order valence-electron chi connectivity index (χ0n) is 15.8. The van der Waals surface area contributed by atoms with E-state index < -0.39 is 0 Å². The number of thioether (sulfide) groups is 1. The van der Waals surface area contributed by atoms with Gasteiger partial charge in [-0.05, 0) is 35.9 Å². The molecule has 154 valence electrons. The summed E-state index contributed by atoms with van der Waals surface area (Å²) in [6.07, 6.45) is 0. The van der Waals surface area contributed by atoms with Gasteiger partial charge in [-0.25, -0.2) is 9.07 Å². The smallest absolute Gasteiger partial charge is 0.256 e. The Morgan fingerprint density at radius 1 is 1.17 bits per heavy atom. The fourth-order valence-corrected chi connectivity index (χ4v) is 4.56. The third-order valence-electron chi connectivity index (χ3n) is 4.63. The van der Waals surface area contributed by atoms with Gasteiger partial charge in [0.1, 0.15) is 18.2 Å². The molecule has 3 aromatic rings. The molecule has 2 N–H and O–H groups in total. The number of fused-ring (bicyclic) bond motifs is 1. The molecule has 0 saturated heterocycles. The van der Waals surface area contributed by atoms with Crippen LogP contribution < -0.4 is 10.6 Å². The van der Waals surface area contributed by atoms with Crippen LogP contribution in [-0.2, 0) is 29.4 Å². The van der Waals surface area contributed by atoms with E-state index in [0.29, 0.717) is 11.4 Å². The second-order valence-corrected chi connectivity index (χ2v) is 8.69. The zero-order valence-corrected chi connectivity index (χ0v) is 18.2. The molecule has 0 atom stereocenters. The highest BCUT2D eigenvalue weighted by molar-refractivity contribution is 9.10. The molecule has 1 aliphatic rings. The van der Waals surface area contributed by atoms with E-state index in [1.54, 1.807) is 46.8 Å². The first-order valence-electron chi connectivity index (χ1n) is 9.24. The Kier molecular flexibility index (Phi) is 6.19. The molecule has 4 rings (SSSR count). The Morgan fingerprint density at radius 3 is 2.73 bits per heavy atom. The number of carbonyl (C=O) groups excluding carboxylic acids is 2. The van der Waals surface area contributed by atoms with E-state index in [4.69, 9.17) is 0 Å². The number of halogens is 2. The summed E-state index contributed by atoms with van der Waals surface area (Å²) in [4.78, 5) is 25.2. The predicted molar refractivity (Wildman–Crippen MR) is 118 cm³/mol. The third kappa shape index (κ3) is 4.73. The lowest BCUT2D eigenvalue weighted by molar-refractivity contribution is -0.122. The van der Waals surface area contributed by atoms with Crippen LogP contribution in [0.25, 0.3) is 0 Å². The molecule has 0 aliphatic carbocycles. The quantitative estimate of drug-likeness (QED) is 0.547. The summed E-state index contributed by atoms with van der Waals surface area (Å²) in [7, 11) is 0. The molecule has 1 aromatic heterocycles. The minimum atomic E-state index is -0.320. The molecular weight excluding hydrogens is 471 g/mol. The molecule has 0 unspecified atom stereocenters. The first-order valence-corrected chi connectivity index (χ1v) is 11.2. The summed E-state index contributed by atoms with van der Waals surface area (Å²) in [6, 6.07) is 13.1. The van der Waals surface area contributed by atoms with E-state index in [1.165, 1.54) is 12.1 Å². The van der Waals surface area contributed by atoms with Crippen molar-refractivity contribution in [3.63, 3.8) is 0 Å². The van der Waals surface area contributed by atoms with Gasteiger partial charge in [-0.1, -0.05) is 34.1 Å². The number of nitrogens with one attached hydrogen (secondary N) is 2. The number of anilines is 1. The van der Waals surface area contributed by atoms with Crippen molar-refractivity contribution in [1.82, 2.24) is 15.1 Å². The molecule has 9 heteroatoms. The molecule has 0 bridgehead atoms. The van der Waals surface area contributed by atoms with Gasteiger partial charge >= 0.3 is 0 Å². The number of aromatic nitrogens is 2. The number of carbonyl (C=O) groups is 2. The van der Waals surface area contributed by atoms with Crippen LogP contribution in [0.3, 0.4) is 0 Å². The van der Waals surface area contributed by atoms with Gasteiger partial charge in [0.25, 0.3) is 5.91 Å². The number of hydrogen-bond acceptors (Lipinski definition) is 4. The fraction of sp³-hybridized carbons (Fsp3) is 0.190. The minimum absolute atomic E-state index is 0.0209. The van der Waals surface area contributed by atoms with Gasteiger partial charge in [0, 0.05) is 33.7 Å². The first-order chi connectivity index (χ1) is 14.5. The van der Waals surface area contributed by atoms with E-state index in [0.717, 1.165) is 32.8 Å². The first kappa shape index (κ1) is 20.6. The second kappa shape index (κ2) is 9.01. The van der Waals surface area contributed by atoms with Crippen LogP contribution in [0.4, 0.5) is 10.2 Å². The zero-order chi connectivity index (χ0) is 21.1. The van der Waals surface area contributed by atoms with Gasteiger partial charge in [0.15, 0.2) is 0 Å². The van der Waals surface area contributed by atoms with Crippen LogP contribution in [0.5, 0.6) is 0 Å². The Bertz CT molecular complexity index is 1100. The van der Waals surface area contributed by atoms with Gasteiger partial charge in [0.2, 0.25) is 5.91 Å². The largest absolute Gasteiger partial charge is 0.350 e. The number of amides is 2. The maximum atomic E-state index is 13.0. The van der Waals surface area contributed by atoms with Crippen LogP contribution in [0.15, 0.2) is 53.0 Å². The highest BCUT2D eigenvalue weighted by atomic mass is 79.9. The summed E-state index contributed by atoms with van der Waals surface area (Å²) in [5.41, 5.74) is 3.15. The van der Waals surface area contributed by atoms with Crippen LogP contribution in [0, 0.1) is 5.82 Å². The topological polar surface area (TPSA) is 76.0 Å². The van der Waals surface area contributed by atoms with Crippen molar-refractivity contribution in [2.45, 2.75) is 24.6 Å². The molecule has 0 fully saturated rings. The maximum Gasteiger partial charge on any atom is 0.256 e. The summed E-state index contributed by atoms with van der Waals surface area (Å²) in [5, 5.41) is 10.3. The molecule has 6 nitrogen and oxygen atoms in total. The van der Waals surface area contributed by atoms with Gasteiger partial charge in [-0.2, -0.15) is 16.9 Å². The van der Waals surface area contributed by atoms with Crippen LogP contribution in [-0.4, -0.2) is 21.6 Å². The Hall–Kier alpha value is -2.65. The van der Waals surface area contributed by atoms with Crippen LogP contribution in [0.1, 0.15) is 27.2 Å². The highest BCUT2D eigenvalue weighted by Crippen LogP contribution is 2.35. The Morgan fingerprint density at radius 2 is 1.97 bits per heavy atom. The molecular formula is C21H18BrFN4O2S. The lowest BCUT2D eigenvalue weighted by Crippen LogP contribution is -2.28. The van der Waals surface area contributed by atoms with E-state index in [1.807, 2.05) is 6.07 Å². The van der Waals surface area contributed by atoms with E-state index in [-0.39, 0.29) is 30.7 Å². The van der Waals surface area contributed by atoms with Gasteiger partial charge in [0.05, 0.1) is 5.69 Å². The molecule has 1 aliphatic heterocycles. The average molecular weight is 489 g/mol. The second-order valence-electron chi connectivity index (χ2n) is 6.79. The molecule has 0 saturated carbocycles. The summed E-state index contributed by atoms with van der Waals surface area (Å²) in [6.45, 7) is 0.267. The minimum Gasteiger partial charge on any atom is -0.350 e. The fourth-order valence-electron chi connectivity index (χ4n) is 3.12. The maximum absolute atomic E-state index is 13.0. The summed E-state index contributed by atoms with van der Waals surface area (Å²) < 4.78 is 15.4. The molecule has 2 heterocycles. The molecule has 2 aromatic carbocycles. The van der Waals surface area contributed by atoms with E-state index >= 15 is 0 Å².